The zero-order valence-electron chi connectivity index (χ0n) is 8.95. The number of para-hydroxylation sites is 1. The Bertz CT molecular complexity index is 425. The van der Waals surface area contributed by atoms with Gasteiger partial charge in [0.2, 0.25) is 0 Å². The third-order valence-corrected chi connectivity index (χ3v) is 3.00. The van der Waals surface area contributed by atoms with Gasteiger partial charge in [0.25, 0.3) is 0 Å². The summed E-state index contributed by atoms with van der Waals surface area (Å²) in [6, 6.07) is 8.38. The fourth-order valence-electron chi connectivity index (χ4n) is 1.73. The molecule has 14 heavy (non-hydrogen) atoms. The normalized spacial score (nSPS) is 13.7. The average Bonchev–Trinajstić information content (AvgIpc) is 2.63. The molecule has 1 atom stereocenters. The van der Waals surface area contributed by atoms with Gasteiger partial charge in [-0.1, -0.05) is 39.0 Å². The van der Waals surface area contributed by atoms with Crippen molar-refractivity contribution < 1.29 is 4.42 Å². The topological polar surface area (TPSA) is 13.1 Å². The predicted molar refractivity (Wildman–Crippen MR) is 59.5 cm³/mol. The van der Waals surface area contributed by atoms with Gasteiger partial charge in [0, 0.05) is 5.39 Å². The van der Waals surface area contributed by atoms with E-state index in [1.54, 1.807) is 6.26 Å². The minimum absolute atomic E-state index is 0.546. The molecule has 1 heterocycles. The first-order valence-corrected chi connectivity index (χ1v) is 5.16. The maximum absolute atomic E-state index is 5.52. The van der Waals surface area contributed by atoms with Crippen molar-refractivity contribution in [2.45, 2.75) is 26.7 Å². The molecule has 1 aromatic heterocycles. The molecule has 2 aromatic rings. The molecule has 0 saturated heterocycles. The summed E-state index contributed by atoms with van der Waals surface area (Å²) in [5.74, 6) is 1.19. The molecule has 2 rings (SSSR count). The zero-order chi connectivity index (χ0) is 10.1. The van der Waals surface area contributed by atoms with Gasteiger partial charge in [-0.3, -0.25) is 0 Å². The van der Waals surface area contributed by atoms with Crippen LogP contribution in [0.15, 0.2) is 34.9 Å². The lowest BCUT2D eigenvalue weighted by molar-refractivity contribution is 0.525. The van der Waals surface area contributed by atoms with E-state index in [1.165, 1.54) is 10.9 Å². The molecule has 0 aliphatic carbocycles. The Balaban J connectivity index is 2.56. The van der Waals surface area contributed by atoms with Gasteiger partial charge in [-0.05, 0) is 23.5 Å². The number of hydrogen-bond donors (Lipinski definition) is 0. The Morgan fingerprint density at radius 2 is 1.86 bits per heavy atom. The van der Waals surface area contributed by atoms with E-state index in [1.807, 2.05) is 6.07 Å². The van der Waals surface area contributed by atoms with Crippen LogP contribution in [0.3, 0.4) is 0 Å². The maximum atomic E-state index is 5.52. The monoisotopic (exact) mass is 188 g/mol. The quantitative estimate of drug-likeness (QED) is 0.688. The number of fused-ring (bicyclic) bond motifs is 1. The molecule has 1 nitrogen and oxygen atoms in total. The second kappa shape index (κ2) is 3.49. The van der Waals surface area contributed by atoms with Gasteiger partial charge in [0.15, 0.2) is 0 Å². The minimum Gasteiger partial charge on any atom is -0.464 e. The van der Waals surface area contributed by atoms with E-state index >= 15 is 0 Å². The van der Waals surface area contributed by atoms with Crippen molar-refractivity contribution >= 4 is 11.0 Å². The van der Waals surface area contributed by atoms with Crippen LogP contribution in [0, 0.1) is 5.92 Å². The van der Waals surface area contributed by atoms with Crippen LogP contribution in [-0.2, 0) is 0 Å². The third kappa shape index (κ3) is 1.43. The second-order valence-electron chi connectivity index (χ2n) is 4.22. The van der Waals surface area contributed by atoms with Gasteiger partial charge < -0.3 is 4.42 Å². The Labute approximate surface area is 84.7 Å². The SMILES string of the molecule is CC(C)C(C)c1cccc2ccoc12. The van der Waals surface area contributed by atoms with Gasteiger partial charge in [0.05, 0.1) is 6.26 Å². The number of benzene rings is 1. The summed E-state index contributed by atoms with van der Waals surface area (Å²) in [4.78, 5) is 0. The highest BCUT2D eigenvalue weighted by Crippen LogP contribution is 2.30. The van der Waals surface area contributed by atoms with Crippen LogP contribution in [0.5, 0.6) is 0 Å². The number of rotatable bonds is 2. The highest BCUT2D eigenvalue weighted by Gasteiger charge is 2.14. The lowest BCUT2D eigenvalue weighted by atomic mass is 9.89. The van der Waals surface area contributed by atoms with E-state index in [0.717, 1.165) is 5.58 Å². The van der Waals surface area contributed by atoms with Crippen LogP contribution in [0.4, 0.5) is 0 Å². The zero-order valence-corrected chi connectivity index (χ0v) is 8.95. The Morgan fingerprint density at radius 1 is 1.07 bits per heavy atom. The Hall–Kier alpha value is -1.24. The molecule has 1 unspecified atom stereocenters. The van der Waals surface area contributed by atoms with E-state index in [2.05, 4.69) is 39.0 Å². The van der Waals surface area contributed by atoms with E-state index in [9.17, 15) is 0 Å². The highest BCUT2D eigenvalue weighted by molar-refractivity contribution is 5.80. The molecule has 0 fully saturated rings. The number of hydrogen-bond acceptors (Lipinski definition) is 1. The molecule has 0 aliphatic rings. The van der Waals surface area contributed by atoms with Gasteiger partial charge in [-0.2, -0.15) is 0 Å². The van der Waals surface area contributed by atoms with Crippen LogP contribution in [0.2, 0.25) is 0 Å². The first-order chi connectivity index (χ1) is 6.70. The first-order valence-electron chi connectivity index (χ1n) is 5.16. The van der Waals surface area contributed by atoms with Gasteiger partial charge in [-0.15, -0.1) is 0 Å². The van der Waals surface area contributed by atoms with Crippen molar-refractivity contribution in [1.29, 1.82) is 0 Å². The maximum Gasteiger partial charge on any atom is 0.137 e. The van der Waals surface area contributed by atoms with E-state index in [4.69, 9.17) is 4.42 Å². The molecule has 0 aliphatic heterocycles. The fraction of sp³-hybridized carbons (Fsp3) is 0.385. The lowest BCUT2D eigenvalue weighted by Gasteiger charge is -2.15. The van der Waals surface area contributed by atoms with Crippen molar-refractivity contribution in [2.24, 2.45) is 5.92 Å². The van der Waals surface area contributed by atoms with Crippen molar-refractivity contribution in [3.63, 3.8) is 0 Å². The summed E-state index contributed by atoms with van der Waals surface area (Å²) >= 11 is 0. The molecule has 0 bridgehead atoms. The largest absolute Gasteiger partial charge is 0.464 e. The van der Waals surface area contributed by atoms with E-state index in [0.29, 0.717) is 11.8 Å². The van der Waals surface area contributed by atoms with Crippen molar-refractivity contribution in [3.8, 4) is 0 Å². The molecule has 0 spiro atoms. The van der Waals surface area contributed by atoms with Crippen molar-refractivity contribution in [2.75, 3.05) is 0 Å². The van der Waals surface area contributed by atoms with Crippen LogP contribution < -0.4 is 0 Å². The van der Waals surface area contributed by atoms with Gasteiger partial charge in [-0.25, -0.2) is 0 Å². The molecule has 74 valence electrons. The first kappa shape index (κ1) is 9.32. The molecule has 0 amide bonds. The van der Waals surface area contributed by atoms with Crippen LogP contribution in [0.25, 0.3) is 11.0 Å². The van der Waals surface area contributed by atoms with Crippen molar-refractivity contribution in [1.82, 2.24) is 0 Å². The number of furan rings is 1. The molecular weight excluding hydrogens is 172 g/mol. The van der Waals surface area contributed by atoms with Crippen LogP contribution in [-0.4, -0.2) is 0 Å². The standard InChI is InChI=1S/C13H16O/c1-9(2)10(3)12-6-4-5-11-7-8-14-13(11)12/h4-10H,1-3H3. The average molecular weight is 188 g/mol. The summed E-state index contributed by atoms with van der Waals surface area (Å²) in [5, 5.41) is 1.20. The summed E-state index contributed by atoms with van der Waals surface area (Å²) in [7, 11) is 0. The second-order valence-corrected chi connectivity index (χ2v) is 4.22. The fourth-order valence-corrected chi connectivity index (χ4v) is 1.73. The van der Waals surface area contributed by atoms with E-state index < -0.39 is 0 Å². The molecule has 0 saturated carbocycles. The Morgan fingerprint density at radius 3 is 2.57 bits per heavy atom. The summed E-state index contributed by atoms with van der Waals surface area (Å²) in [6.07, 6.45) is 1.77. The van der Waals surface area contributed by atoms with Gasteiger partial charge >= 0.3 is 0 Å². The summed E-state index contributed by atoms with van der Waals surface area (Å²) in [5.41, 5.74) is 2.37. The molecular formula is C13H16O. The summed E-state index contributed by atoms with van der Waals surface area (Å²) < 4.78 is 5.52. The van der Waals surface area contributed by atoms with E-state index in [-0.39, 0.29) is 0 Å². The molecule has 0 radical (unpaired) electrons. The van der Waals surface area contributed by atoms with Crippen molar-refractivity contribution in [3.05, 3.63) is 36.1 Å². The summed E-state index contributed by atoms with van der Waals surface area (Å²) in [6.45, 7) is 6.74. The molecule has 0 N–H and O–H groups in total. The smallest absolute Gasteiger partial charge is 0.137 e. The van der Waals surface area contributed by atoms with Gasteiger partial charge in [0.1, 0.15) is 5.58 Å². The molecule has 1 aromatic carbocycles. The third-order valence-electron chi connectivity index (χ3n) is 3.00. The van der Waals surface area contributed by atoms with Crippen LogP contribution >= 0.6 is 0 Å². The lowest BCUT2D eigenvalue weighted by Crippen LogP contribution is -2.01. The van der Waals surface area contributed by atoms with Crippen LogP contribution in [0.1, 0.15) is 32.3 Å². The highest BCUT2D eigenvalue weighted by atomic mass is 16.3. The Kier molecular flexibility index (Phi) is 2.32. The molecule has 1 heteroatoms. The minimum atomic E-state index is 0.546. The predicted octanol–water partition coefficient (Wildman–Crippen LogP) is 4.19.